The lowest BCUT2D eigenvalue weighted by atomic mass is 9.92. The number of amides is 1. The van der Waals surface area contributed by atoms with Crippen molar-refractivity contribution in [2.75, 3.05) is 13.1 Å². The van der Waals surface area contributed by atoms with Gasteiger partial charge in [-0.15, -0.1) is 0 Å². The van der Waals surface area contributed by atoms with E-state index in [1.54, 1.807) is 0 Å². The summed E-state index contributed by atoms with van der Waals surface area (Å²) in [6, 6.07) is 4.00. The molecule has 1 aliphatic heterocycles. The minimum absolute atomic E-state index is 0.0875. The number of Topliss-reactive ketones (excluding diaryl/α,β-unsaturated/α-hetero) is 1. The van der Waals surface area contributed by atoms with Gasteiger partial charge in [-0.2, -0.15) is 0 Å². The Morgan fingerprint density at radius 1 is 1.42 bits per heavy atom. The largest absolute Gasteiger partial charge is 0.369 e. The number of aryl methyl sites for hydroxylation is 1. The fourth-order valence-electron chi connectivity index (χ4n) is 2.65. The van der Waals surface area contributed by atoms with Gasteiger partial charge < -0.3 is 10.3 Å². The molecule has 0 aliphatic carbocycles. The first-order valence-electron chi connectivity index (χ1n) is 6.67. The van der Waals surface area contributed by atoms with Crippen LogP contribution in [-0.4, -0.2) is 40.3 Å². The van der Waals surface area contributed by atoms with Crippen LogP contribution >= 0.6 is 0 Å². The number of rotatable bonds is 4. The molecule has 1 aromatic heterocycles. The average molecular weight is 263 g/mol. The molecule has 104 valence electrons. The van der Waals surface area contributed by atoms with Crippen LogP contribution in [0.4, 0.5) is 0 Å². The number of nitrogens with zero attached hydrogens (tertiary/aromatic N) is 2. The Morgan fingerprint density at radius 2 is 2.16 bits per heavy atom. The number of likely N-dealkylation sites (tertiary alicyclic amines) is 1. The molecule has 2 atom stereocenters. The van der Waals surface area contributed by atoms with Crippen molar-refractivity contribution in [1.29, 1.82) is 0 Å². The van der Waals surface area contributed by atoms with E-state index >= 15 is 0 Å². The molecule has 1 aromatic rings. The van der Waals surface area contributed by atoms with Gasteiger partial charge in [0, 0.05) is 25.8 Å². The third-order valence-electron chi connectivity index (χ3n) is 3.99. The number of primary amides is 1. The fourth-order valence-corrected chi connectivity index (χ4v) is 2.65. The van der Waals surface area contributed by atoms with Crippen LogP contribution in [0.5, 0.6) is 0 Å². The summed E-state index contributed by atoms with van der Waals surface area (Å²) in [5.74, 6) is -0.301. The Kier molecular flexibility index (Phi) is 4.04. The molecule has 1 fully saturated rings. The van der Waals surface area contributed by atoms with E-state index in [9.17, 15) is 9.59 Å². The molecule has 2 rings (SSSR count). The second-order valence-electron chi connectivity index (χ2n) is 5.38. The molecule has 2 unspecified atom stereocenters. The van der Waals surface area contributed by atoms with Crippen LogP contribution in [0.2, 0.25) is 0 Å². The van der Waals surface area contributed by atoms with Crippen molar-refractivity contribution in [1.82, 2.24) is 9.47 Å². The van der Waals surface area contributed by atoms with Crippen LogP contribution in [0.3, 0.4) is 0 Å². The maximum absolute atomic E-state index is 12.2. The zero-order chi connectivity index (χ0) is 14.0. The van der Waals surface area contributed by atoms with E-state index in [1.807, 2.05) is 29.9 Å². The molecule has 5 heteroatoms. The summed E-state index contributed by atoms with van der Waals surface area (Å²) in [6.07, 6.45) is 3.60. The standard InChI is InChI=1S/C14H21N3O2/c1-10-5-6-11(14(15)19)8-17(10)9-13(18)12-4-3-7-16(12)2/h3-4,7,10-11H,5-6,8-9H2,1-2H3,(H2,15,19). The summed E-state index contributed by atoms with van der Waals surface area (Å²) in [7, 11) is 1.86. The molecule has 0 radical (unpaired) electrons. The molecule has 1 amide bonds. The van der Waals surface area contributed by atoms with Crippen molar-refractivity contribution < 1.29 is 9.59 Å². The molecule has 0 spiro atoms. The normalized spacial score (nSPS) is 24.3. The number of hydrogen-bond acceptors (Lipinski definition) is 3. The SMILES string of the molecule is CC1CCC(C(N)=O)CN1CC(=O)c1cccn1C. The van der Waals surface area contributed by atoms with Gasteiger partial charge in [-0.1, -0.05) is 0 Å². The van der Waals surface area contributed by atoms with Gasteiger partial charge in [0.25, 0.3) is 0 Å². The average Bonchev–Trinajstić information content (AvgIpc) is 2.78. The number of carbonyl (C=O) groups excluding carboxylic acids is 2. The van der Waals surface area contributed by atoms with E-state index in [0.29, 0.717) is 24.8 Å². The summed E-state index contributed by atoms with van der Waals surface area (Å²) < 4.78 is 1.82. The Hall–Kier alpha value is -1.62. The van der Waals surface area contributed by atoms with E-state index in [1.165, 1.54) is 0 Å². The molecule has 0 bridgehead atoms. The van der Waals surface area contributed by atoms with Gasteiger partial charge in [-0.05, 0) is 31.9 Å². The van der Waals surface area contributed by atoms with Gasteiger partial charge in [-0.25, -0.2) is 0 Å². The smallest absolute Gasteiger partial charge is 0.221 e. The van der Waals surface area contributed by atoms with E-state index < -0.39 is 0 Å². The maximum Gasteiger partial charge on any atom is 0.221 e. The molecule has 0 aromatic carbocycles. The molecule has 1 aliphatic rings. The number of hydrogen-bond donors (Lipinski definition) is 1. The first-order chi connectivity index (χ1) is 8.99. The van der Waals surface area contributed by atoms with Crippen LogP contribution in [0.25, 0.3) is 0 Å². The minimum Gasteiger partial charge on any atom is -0.369 e. The highest BCUT2D eigenvalue weighted by Gasteiger charge is 2.30. The van der Waals surface area contributed by atoms with E-state index in [4.69, 9.17) is 5.73 Å². The first-order valence-corrected chi connectivity index (χ1v) is 6.67. The van der Waals surface area contributed by atoms with Crippen molar-refractivity contribution in [3.8, 4) is 0 Å². The predicted molar refractivity (Wildman–Crippen MR) is 72.7 cm³/mol. The summed E-state index contributed by atoms with van der Waals surface area (Å²) in [4.78, 5) is 25.6. The molecule has 19 heavy (non-hydrogen) atoms. The van der Waals surface area contributed by atoms with Gasteiger partial charge in [0.05, 0.1) is 18.2 Å². The Balaban J connectivity index is 2.03. The van der Waals surface area contributed by atoms with Gasteiger partial charge >= 0.3 is 0 Å². The van der Waals surface area contributed by atoms with Crippen molar-refractivity contribution in [2.24, 2.45) is 18.7 Å². The minimum atomic E-state index is -0.261. The Morgan fingerprint density at radius 3 is 2.74 bits per heavy atom. The third kappa shape index (κ3) is 3.04. The highest BCUT2D eigenvalue weighted by Crippen LogP contribution is 2.21. The third-order valence-corrected chi connectivity index (χ3v) is 3.99. The molecule has 5 nitrogen and oxygen atoms in total. The topological polar surface area (TPSA) is 68.3 Å². The zero-order valence-electron chi connectivity index (χ0n) is 11.5. The van der Waals surface area contributed by atoms with E-state index in [-0.39, 0.29) is 17.6 Å². The summed E-state index contributed by atoms with van der Waals surface area (Å²) >= 11 is 0. The van der Waals surface area contributed by atoms with Gasteiger partial charge in [0.2, 0.25) is 5.91 Å². The highest BCUT2D eigenvalue weighted by atomic mass is 16.1. The second kappa shape index (κ2) is 5.57. The Labute approximate surface area is 113 Å². The Bertz CT molecular complexity index is 481. The molecule has 1 saturated heterocycles. The van der Waals surface area contributed by atoms with Crippen LogP contribution < -0.4 is 5.73 Å². The number of ketones is 1. The number of piperidine rings is 1. The van der Waals surface area contributed by atoms with Crippen LogP contribution in [0.15, 0.2) is 18.3 Å². The molecule has 2 N–H and O–H groups in total. The lowest BCUT2D eigenvalue weighted by molar-refractivity contribution is -0.123. The zero-order valence-corrected chi connectivity index (χ0v) is 11.5. The number of nitrogens with two attached hydrogens (primary N) is 1. The van der Waals surface area contributed by atoms with Gasteiger partial charge in [-0.3, -0.25) is 14.5 Å². The van der Waals surface area contributed by atoms with E-state index in [2.05, 4.69) is 11.8 Å². The lowest BCUT2D eigenvalue weighted by Gasteiger charge is -2.36. The second-order valence-corrected chi connectivity index (χ2v) is 5.38. The van der Waals surface area contributed by atoms with Crippen molar-refractivity contribution in [3.63, 3.8) is 0 Å². The molecular formula is C14H21N3O2. The van der Waals surface area contributed by atoms with Crippen LogP contribution in [-0.2, 0) is 11.8 Å². The number of carbonyl (C=O) groups is 2. The first kappa shape index (κ1) is 13.8. The summed E-state index contributed by atoms with van der Waals surface area (Å²) in [6.45, 7) is 3.03. The highest BCUT2D eigenvalue weighted by molar-refractivity contribution is 5.96. The van der Waals surface area contributed by atoms with Gasteiger partial charge in [0.1, 0.15) is 0 Å². The molecule has 0 saturated carbocycles. The molecule has 2 heterocycles. The van der Waals surface area contributed by atoms with Crippen molar-refractivity contribution in [2.45, 2.75) is 25.8 Å². The number of aromatic nitrogens is 1. The quantitative estimate of drug-likeness (QED) is 0.817. The van der Waals surface area contributed by atoms with Crippen LogP contribution in [0, 0.1) is 5.92 Å². The monoisotopic (exact) mass is 263 g/mol. The maximum atomic E-state index is 12.2. The lowest BCUT2D eigenvalue weighted by Crippen LogP contribution is -2.47. The summed E-state index contributed by atoms with van der Waals surface area (Å²) in [5.41, 5.74) is 6.07. The van der Waals surface area contributed by atoms with Crippen LogP contribution in [0.1, 0.15) is 30.3 Å². The fraction of sp³-hybridized carbons (Fsp3) is 0.571. The van der Waals surface area contributed by atoms with E-state index in [0.717, 1.165) is 12.8 Å². The molecular weight excluding hydrogens is 242 g/mol. The van der Waals surface area contributed by atoms with Crippen molar-refractivity contribution in [3.05, 3.63) is 24.0 Å². The predicted octanol–water partition coefficient (Wildman–Crippen LogP) is 0.794. The van der Waals surface area contributed by atoms with Gasteiger partial charge in [0.15, 0.2) is 5.78 Å². The summed E-state index contributed by atoms with van der Waals surface area (Å²) in [5, 5.41) is 0. The van der Waals surface area contributed by atoms with Crippen molar-refractivity contribution >= 4 is 11.7 Å².